The summed E-state index contributed by atoms with van der Waals surface area (Å²) in [5.41, 5.74) is 0.830. The molecule has 1 fully saturated rings. The third kappa shape index (κ3) is 4.03. The molecule has 0 atom stereocenters. The number of aromatic nitrogens is 1. The molecule has 0 spiro atoms. The molecule has 0 aromatic carbocycles. The predicted octanol–water partition coefficient (Wildman–Crippen LogP) is 3.59. The van der Waals surface area contributed by atoms with Crippen molar-refractivity contribution in [2.45, 2.75) is 71.2 Å². The fourth-order valence-electron chi connectivity index (χ4n) is 2.58. The van der Waals surface area contributed by atoms with E-state index in [0.29, 0.717) is 12.6 Å². The molecule has 2 rings (SSSR count). The van der Waals surface area contributed by atoms with E-state index in [0.717, 1.165) is 36.7 Å². The lowest BCUT2D eigenvalue weighted by Gasteiger charge is -2.29. The normalized spacial score (nSPS) is 15.6. The highest BCUT2D eigenvalue weighted by Crippen LogP contribution is 2.37. The van der Waals surface area contributed by atoms with Gasteiger partial charge in [-0.05, 0) is 32.6 Å². The summed E-state index contributed by atoms with van der Waals surface area (Å²) in [7, 11) is 1.73. The van der Waals surface area contributed by atoms with Gasteiger partial charge in [-0.3, -0.25) is 0 Å². The maximum atomic E-state index is 6.09. The van der Waals surface area contributed by atoms with Gasteiger partial charge >= 0.3 is 0 Å². The van der Waals surface area contributed by atoms with Crippen LogP contribution < -0.4 is 5.32 Å². The topological polar surface area (TPSA) is 43.4 Å². The second kappa shape index (κ2) is 7.68. The highest BCUT2D eigenvalue weighted by Gasteiger charge is 2.33. The van der Waals surface area contributed by atoms with Gasteiger partial charge in [-0.1, -0.05) is 13.8 Å². The number of thiazole rings is 1. The van der Waals surface area contributed by atoms with E-state index < -0.39 is 0 Å². The number of methoxy groups -OCH3 is 1. The van der Waals surface area contributed by atoms with E-state index in [4.69, 9.17) is 14.5 Å². The number of hydrogen-bond acceptors (Lipinski definition) is 5. The van der Waals surface area contributed by atoms with E-state index in [-0.39, 0.29) is 5.60 Å². The van der Waals surface area contributed by atoms with Crippen LogP contribution in [0, 0.1) is 0 Å². The molecule has 1 aromatic heterocycles. The van der Waals surface area contributed by atoms with Crippen LogP contribution >= 0.6 is 11.3 Å². The minimum absolute atomic E-state index is 0.236. The highest BCUT2D eigenvalue weighted by atomic mass is 32.1. The molecular formula is C16H28N2O2S. The van der Waals surface area contributed by atoms with Gasteiger partial charge < -0.3 is 14.8 Å². The van der Waals surface area contributed by atoms with E-state index in [9.17, 15) is 0 Å². The lowest BCUT2D eigenvalue weighted by molar-refractivity contribution is -0.0508. The van der Waals surface area contributed by atoms with Crippen LogP contribution in [0.15, 0.2) is 0 Å². The van der Waals surface area contributed by atoms with Crippen LogP contribution in [0.3, 0.4) is 0 Å². The largest absolute Gasteiger partial charge is 0.378 e. The molecule has 0 unspecified atom stereocenters. The summed E-state index contributed by atoms with van der Waals surface area (Å²) < 4.78 is 11.4. The minimum Gasteiger partial charge on any atom is -0.378 e. The van der Waals surface area contributed by atoms with Crippen LogP contribution in [0.4, 0.5) is 0 Å². The summed E-state index contributed by atoms with van der Waals surface area (Å²) >= 11 is 1.79. The SMILES string of the molecule is CCOC(CC)(CC)c1nc(COC)c(CNC2CC2)s1. The van der Waals surface area contributed by atoms with Gasteiger partial charge in [0.05, 0.1) is 12.3 Å². The average Bonchev–Trinajstić information content (AvgIpc) is 3.24. The van der Waals surface area contributed by atoms with Crippen molar-refractivity contribution in [1.82, 2.24) is 10.3 Å². The zero-order valence-corrected chi connectivity index (χ0v) is 14.5. The maximum Gasteiger partial charge on any atom is 0.125 e. The first-order valence-electron chi connectivity index (χ1n) is 8.04. The van der Waals surface area contributed by atoms with Crippen molar-refractivity contribution in [3.8, 4) is 0 Å². The molecule has 120 valence electrons. The number of rotatable bonds is 10. The fraction of sp³-hybridized carbons (Fsp3) is 0.812. The predicted molar refractivity (Wildman–Crippen MR) is 86.6 cm³/mol. The molecule has 0 amide bonds. The van der Waals surface area contributed by atoms with Crippen molar-refractivity contribution in [3.05, 3.63) is 15.6 Å². The molecule has 1 aliphatic carbocycles. The van der Waals surface area contributed by atoms with Crippen molar-refractivity contribution < 1.29 is 9.47 Å². The molecule has 1 saturated carbocycles. The maximum absolute atomic E-state index is 6.09. The fourth-order valence-corrected chi connectivity index (χ4v) is 3.89. The van der Waals surface area contributed by atoms with Crippen LogP contribution in [0.1, 0.15) is 62.0 Å². The quantitative estimate of drug-likeness (QED) is 0.717. The molecule has 0 radical (unpaired) electrons. The molecule has 21 heavy (non-hydrogen) atoms. The summed E-state index contributed by atoms with van der Waals surface area (Å²) in [6.07, 6.45) is 4.51. The average molecular weight is 312 g/mol. The smallest absolute Gasteiger partial charge is 0.125 e. The molecule has 0 aliphatic heterocycles. The van der Waals surface area contributed by atoms with Gasteiger partial charge in [0.15, 0.2) is 0 Å². The van der Waals surface area contributed by atoms with Crippen LogP contribution in [0.5, 0.6) is 0 Å². The monoisotopic (exact) mass is 312 g/mol. The lowest BCUT2D eigenvalue weighted by atomic mass is 9.98. The van der Waals surface area contributed by atoms with E-state index in [1.165, 1.54) is 17.7 Å². The van der Waals surface area contributed by atoms with E-state index in [1.807, 2.05) is 0 Å². The Balaban J connectivity index is 2.22. The van der Waals surface area contributed by atoms with Crippen molar-refractivity contribution in [2.75, 3.05) is 13.7 Å². The minimum atomic E-state index is -0.236. The third-order valence-electron chi connectivity index (χ3n) is 4.14. The molecular weight excluding hydrogens is 284 g/mol. The zero-order chi connectivity index (χ0) is 15.3. The summed E-state index contributed by atoms with van der Waals surface area (Å²) in [6.45, 7) is 8.61. The number of nitrogens with zero attached hydrogens (tertiary/aromatic N) is 1. The van der Waals surface area contributed by atoms with Gasteiger partial charge in [0.1, 0.15) is 10.6 Å². The first-order chi connectivity index (χ1) is 10.2. The van der Waals surface area contributed by atoms with E-state index >= 15 is 0 Å². The van der Waals surface area contributed by atoms with Crippen molar-refractivity contribution in [3.63, 3.8) is 0 Å². The van der Waals surface area contributed by atoms with Crippen molar-refractivity contribution in [1.29, 1.82) is 0 Å². The molecule has 4 nitrogen and oxygen atoms in total. The van der Waals surface area contributed by atoms with E-state index in [2.05, 4.69) is 26.1 Å². The van der Waals surface area contributed by atoms with Gasteiger partial charge in [0, 0.05) is 31.2 Å². The van der Waals surface area contributed by atoms with Gasteiger partial charge in [-0.2, -0.15) is 0 Å². The van der Waals surface area contributed by atoms with E-state index in [1.54, 1.807) is 18.4 Å². The highest BCUT2D eigenvalue weighted by molar-refractivity contribution is 7.11. The second-order valence-electron chi connectivity index (χ2n) is 5.61. The summed E-state index contributed by atoms with van der Waals surface area (Å²) in [5, 5.41) is 4.68. The second-order valence-corrected chi connectivity index (χ2v) is 6.70. The lowest BCUT2D eigenvalue weighted by Crippen LogP contribution is -2.28. The van der Waals surface area contributed by atoms with Gasteiger partial charge in [-0.15, -0.1) is 11.3 Å². The Morgan fingerprint density at radius 2 is 2.00 bits per heavy atom. The molecule has 1 N–H and O–H groups in total. The Bertz CT molecular complexity index is 439. The summed E-state index contributed by atoms with van der Waals surface area (Å²) in [4.78, 5) is 6.16. The third-order valence-corrected chi connectivity index (χ3v) is 5.42. The summed E-state index contributed by atoms with van der Waals surface area (Å²) in [6, 6.07) is 0.708. The molecule has 0 saturated heterocycles. The van der Waals surface area contributed by atoms with Gasteiger partial charge in [0.25, 0.3) is 0 Å². The van der Waals surface area contributed by atoms with Crippen LogP contribution in [0.2, 0.25) is 0 Å². The van der Waals surface area contributed by atoms with Crippen molar-refractivity contribution in [2.24, 2.45) is 0 Å². The summed E-state index contributed by atoms with van der Waals surface area (Å²) in [5.74, 6) is 0. The standard InChI is InChI=1S/C16H28N2O2S/c1-5-16(6-2,20-7-3)15-18-13(11-19-4)14(21-15)10-17-12-8-9-12/h12,17H,5-11H2,1-4H3. The first kappa shape index (κ1) is 16.9. The molecule has 1 aliphatic rings. The molecule has 0 bridgehead atoms. The number of nitrogens with one attached hydrogen (secondary N) is 1. The van der Waals surface area contributed by atoms with Crippen molar-refractivity contribution >= 4 is 11.3 Å². The molecule has 1 aromatic rings. The Labute approximate surface area is 132 Å². The Morgan fingerprint density at radius 3 is 2.52 bits per heavy atom. The zero-order valence-electron chi connectivity index (χ0n) is 13.7. The van der Waals surface area contributed by atoms with Crippen LogP contribution in [-0.2, 0) is 28.2 Å². The van der Waals surface area contributed by atoms with Gasteiger partial charge in [0.2, 0.25) is 0 Å². The molecule has 5 heteroatoms. The van der Waals surface area contributed by atoms with Crippen LogP contribution in [0.25, 0.3) is 0 Å². The number of ether oxygens (including phenoxy) is 2. The van der Waals surface area contributed by atoms with Gasteiger partial charge in [-0.25, -0.2) is 4.98 Å². The number of hydrogen-bond donors (Lipinski definition) is 1. The molecule has 1 heterocycles. The Kier molecular flexibility index (Phi) is 6.17. The first-order valence-corrected chi connectivity index (χ1v) is 8.86. The van der Waals surface area contributed by atoms with Crippen LogP contribution in [-0.4, -0.2) is 24.7 Å². The Hall–Kier alpha value is -0.490. The Morgan fingerprint density at radius 1 is 1.29 bits per heavy atom.